The largest absolute Gasteiger partial charge is 0.322 e. The van der Waals surface area contributed by atoms with Crippen molar-refractivity contribution >= 4 is 24.0 Å². The van der Waals surface area contributed by atoms with E-state index in [9.17, 15) is 9.59 Å². The molecule has 1 N–H and O–H groups in total. The first-order chi connectivity index (χ1) is 9.69. The first kappa shape index (κ1) is 13.7. The number of benzene rings is 1. The Hall–Kier alpha value is -2.75. The van der Waals surface area contributed by atoms with Crippen LogP contribution in [0, 0.1) is 6.92 Å². The van der Waals surface area contributed by atoms with E-state index in [0.29, 0.717) is 11.3 Å². The van der Waals surface area contributed by atoms with Crippen molar-refractivity contribution in [1.29, 1.82) is 0 Å². The van der Waals surface area contributed by atoms with Crippen molar-refractivity contribution in [2.45, 2.75) is 6.92 Å². The fraction of sp³-hybridized carbons (Fsp3) is 0.0625. The molecule has 2 aromatic rings. The number of rotatable bonds is 4. The van der Waals surface area contributed by atoms with Gasteiger partial charge in [0.25, 0.3) is 0 Å². The number of pyridine rings is 1. The molecule has 4 nitrogen and oxygen atoms in total. The fourth-order valence-corrected chi connectivity index (χ4v) is 1.64. The van der Waals surface area contributed by atoms with Crippen LogP contribution in [0.5, 0.6) is 0 Å². The van der Waals surface area contributed by atoms with Crippen LogP contribution in [0.2, 0.25) is 0 Å². The van der Waals surface area contributed by atoms with Crippen molar-refractivity contribution < 1.29 is 9.59 Å². The van der Waals surface area contributed by atoms with Crippen LogP contribution in [0.4, 0.5) is 5.69 Å². The topological polar surface area (TPSA) is 59.1 Å². The number of anilines is 1. The summed E-state index contributed by atoms with van der Waals surface area (Å²) in [7, 11) is 0. The second-order valence-corrected chi connectivity index (χ2v) is 4.24. The average Bonchev–Trinajstić information content (AvgIpc) is 2.48. The Balaban J connectivity index is 2.08. The van der Waals surface area contributed by atoms with Crippen LogP contribution in [-0.2, 0) is 9.59 Å². The molecule has 0 aliphatic rings. The van der Waals surface area contributed by atoms with E-state index in [4.69, 9.17) is 0 Å². The maximum absolute atomic E-state index is 11.8. The number of aromatic nitrogens is 1. The highest BCUT2D eigenvalue weighted by atomic mass is 16.1. The van der Waals surface area contributed by atoms with Gasteiger partial charge in [0.1, 0.15) is 0 Å². The quantitative estimate of drug-likeness (QED) is 0.864. The summed E-state index contributed by atoms with van der Waals surface area (Å²) in [5.74, 6) is -0.264. The van der Waals surface area contributed by atoms with Crippen LogP contribution < -0.4 is 5.32 Å². The van der Waals surface area contributed by atoms with E-state index in [1.807, 2.05) is 13.0 Å². The highest BCUT2D eigenvalue weighted by Crippen LogP contribution is 2.16. The number of nitrogens with zero attached hydrogens (tertiary/aromatic N) is 1. The molecule has 0 saturated carbocycles. The van der Waals surface area contributed by atoms with Crippen LogP contribution >= 0.6 is 0 Å². The van der Waals surface area contributed by atoms with Gasteiger partial charge in [-0.05, 0) is 36.3 Å². The molecule has 0 spiro atoms. The first-order valence-electron chi connectivity index (χ1n) is 6.07. The van der Waals surface area contributed by atoms with Crippen LogP contribution in [0.25, 0.3) is 6.08 Å². The molecular weight excluding hydrogens is 252 g/mol. The second-order valence-electron chi connectivity index (χ2n) is 4.24. The van der Waals surface area contributed by atoms with Gasteiger partial charge in [-0.3, -0.25) is 14.6 Å². The maximum atomic E-state index is 11.8. The lowest BCUT2D eigenvalue weighted by Crippen LogP contribution is -2.09. The van der Waals surface area contributed by atoms with Crippen molar-refractivity contribution in [3.05, 3.63) is 65.5 Å². The molecule has 4 heteroatoms. The summed E-state index contributed by atoms with van der Waals surface area (Å²) in [6.45, 7) is 1.86. The molecule has 1 amide bonds. The molecule has 0 unspecified atom stereocenters. The molecule has 0 aliphatic heterocycles. The summed E-state index contributed by atoms with van der Waals surface area (Å²) in [6, 6.07) is 8.66. The minimum Gasteiger partial charge on any atom is -0.322 e. The lowest BCUT2D eigenvalue weighted by molar-refractivity contribution is -0.111. The van der Waals surface area contributed by atoms with E-state index in [1.54, 1.807) is 49.0 Å². The zero-order valence-electron chi connectivity index (χ0n) is 11.0. The molecular formula is C16H13N2O2. The number of nitrogens with one attached hydrogen (secondary N) is 1. The van der Waals surface area contributed by atoms with Crippen molar-refractivity contribution in [2.24, 2.45) is 0 Å². The van der Waals surface area contributed by atoms with Gasteiger partial charge in [0.15, 0.2) is 0 Å². The zero-order chi connectivity index (χ0) is 14.4. The molecule has 1 aromatic carbocycles. The van der Waals surface area contributed by atoms with Gasteiger partial charge in [0, 0.05) is 29.7 Å². The highest BCUT2D eigenvalue weighted by Gasteiger charge is 2.03. The fourth-order valence-electron chi connectivity index (χ4n) is 1.64. The summed E-state index contributed by atoms with van der Waals surface area (Å²) in [4.78, 5) is 26.4. The molecule has 20 heavy (non-hydrogen) atoms. The number of hydrogen-bond donors (Lipinski definition) is 1. The van der Waals surface area contributed by atoms with Gasteiger partial charge in [0.05, 0.1) is 0 Å². The van der Waals surface area contributed by atoms with Gasteiger partial charge < -0.3 is 5.32 Å². The number of carbonyl (C=O) groups is 1. The zero-order valence-corrected chi connectivity index (χ0v) is 11.0. The summed E-state index contributed by atoms with van der Waals surface area (Å²) in [5, 5.41) is 2.73. The van der Waals surface area contributed by atoms with Crippen molar-refractivity contribution in [3.63, 3.8) is 0 Å². The Morgan fingerprint density at radius 3 is 2.90 bits per heavy atom. The van der Waals surface area contributed by atoms with E-state index in [1.165, 1.54) is 6.08 Å². The summed E-state index contributed by atoms with van der Waals surface area (Å²) in [6.07, 6.45) is 8.23. The second kappa shape index (κ2) is 6.43. The number of carbonyl (C=O) groups excluding carboxylic acids is 2. The highest BCUT2D eigenvalue weighted by molar-refractivity contribution is 6.02. The maximum Gasteiger partial charge on any atom is 0.248 e. The molecule has 0 aliphatic carbocycles. The van der Waals surface area contributed by atoms with E-state index in [2.05, 4.69) is 10.3 Å². The predicted molar refractivity (Wildman–Crippen MR) is 77.9 cm³/mol. The van der Waals surface area contributed by atoms with Gasteiger partial charge in [0.2, 0.25) is 12.2 Å². The molecule has 2 rings (SSSR count). The standard InChI is InChI=1S/C16H13N2O2/c1-12-4-5-14(11-19)9-15(12)18-16(20)7-6-13-3-2-8-17-10-13/h2-10H,1H3,(H,18,20). The number of amides is 1. The van der Waals surface area contributed by atoms with Crippen molar-refractivity contribution in [2.75, 3.05) is 5.32 Å². The third-order valence-corrected chi connectivity index (χ3v) is 2.72. The van der Waals surface area contributed by atoms with Gasteiger partial charge >= 0.3 is 0 Å². The van der Waals surface area contributed by atoms with Gasteiger partial charge in [-0.25, -0.2) is 0 Å². The van der Waals surface area contributed by atoms with E-state index >= 15 is 0 Å². The minimum absolute atomic E-state index is 0.264. The van der Waals surface area contributed by atoms with Crippen molar-refractivity contribution in [3.8, 4) is 0 Å². The Morgan fingerprint density at radius 1 is 1.35 bits per heavy atom. The molecule has 0 bridgehead atoms. The molecule has 1 heterocycles. The van der Waals surface area contributed by atoms with Gasteiger partial charge in [-0.15, -0.1) is 0 Å². The Bertz CT molecular complexity index is 649. The Morgan fingerprint density at radius 2 is 2.20 bits per heavy atom. The molecule has 0 atom stereocenters. The number of aryl methyl sites for hydroxylation is 1. The summed E-state index contributed by atoms with van der Waals surface area (Å²) < 4.78 is 0. The van der Waals surface area contributed by atoms with Gasteiger partial charge in [-0.2, -0.15) is 0 Å². The van der Waals surface area contributed by atoms with E-state index < -0.39 is 0 Å². The predicted octanol–water partition coefficient (Wildman–Crippen LogP) is 2.50. The molecule has 0 saturated heterocycles. The summed E-state index contributed by atoms with van der Waals surface area (Å²) in [5.41, 5.74) is 2.73. The smallest absolute Gasteiger partial charge is 0.248 e. The third kappa shape index (κ3) is 3.62. The molecule has 0 fully saturated rings. The Labute approximate surface area is 117 Å². The van der Waals surface area contributed by atoms with Crippen LogP contribution in [0.3, 0.4) is 0 Å². The lowest BCUT2D eigenvalue weighted by atomic mass is 10.1. The SMILES string of the molecule is Cc1ccc([C]=O)cc1NC(=O)C=Cc1cccnc1. The monoisotopic (exact) mass is 265 g/mol. The molecule has 1 radical (unpaired) electrons. The Kier molecular flexibility index (Phi) is 4.39. The summed E-state index contributed by atoms with van der Waals surface area (Å²) >= 11 is 0. The van der Waals surface area contributed by atoms with Crippen LogP contribution in [-0.4, -0.2) is 17.2 Å². The molecule has 1 aromatic heterocycles. The van der Waals surface area contributed by atoms with Crippen LogP contribution in [0.1, 0.15) is 16.7 Å². The van der Waals surface area contributed by atoms with E-state index in [0.717, 1.165) is 11.1 Å². The lowest BCUT2D eigenvalue weighted by Gasteiger charge is -2.06. The number of hydrogen-bond acceptors (Lipinski definition) is 3. The average molecular weight is 265 g/mol. The van der Waals surface area contributed by atoms with Crippen LogP contribution in [0.15, 0.2) is 48.8 Å². The molecule has 99 valence electrons. The van der Waals surface area contributed by atoms with Gasteiger partial charge in [-0.1, -0.05) is 18.2 Å². The van der Waals surface area contributed by atoms with E-state index in [-0.39, 0.29) is 5.91 Å². The third-order valence-electron chi connectivity index (χ3n) is 2.72. The normalized spacial score (nSPS) is 10.4. The van der Waals surface area contributed by atoms with Crippen molar-refractivity contribution in [1.82, 2.24) is 4.98 Å². The minimum atomic E-state index is -0.264. The first-order valence-corrected chi connectivity index (χ1v) is 6.07.